The van der Waals surface area contributed by atoms with Crippen molar-refractivity contribution < 1.29 is 13.9 Å². The Hall–Kier alpha value is -4.29. The third-order valence-electron chi connectivity index (χ3n) is 7.60. The lowest BCUT2D eigenvalue weighted by atomic mass is 10.1. The first-order valence-electron chi connectivity index (χ1n) is 12.8. The molecule has 0 amide bonds. The van der Waals surface area contributed by atoms with E-state index in [0.717, 1.165) is 40.0 Å². The van der Waals surface area contributed by atoms with Crippen molar-refractivity contribution in [1.29, 1.82) is 0 Å². The first-order chi connectivity index (χ1) is 18.8. The van der Waals surface area contributed by atoms with Crippen molar-refractivity contribution in [2.45, 2.75) is 25.1 Å². The van der Waals surface area contributed by atoms with E-state index in [1.165, 1.54) is 4.90 Å². The molecule has 7 rings (SSSR count). The molecule has 0 bridgehead atoms. The molecular weight excluding hydrogens is 504 g/mol. The standard InChI is InChI=1S/C27H27F2N9O/c1-35-22(25(39)37-15-27(28,29)16-37)11-18-8-10-36(14-23(18)35)26-33-24(21-3-2-9-38(21)34-26)32-20-6-4-17(5-7-20)19-12-30-31-13-19/h2-7,9,11-13,25,39H,8,10,14-16H2,1H3,(H,30,31)(H,32,33,34). The smallest absolute Gasteiger partial charge is 0.273 e. The number of nitrogens with zero attached hydrogens (tertiary/aromatic N) is 7. The van der Waals surface area contributed by atoms with Crippen LogP contribution in [-0.2, 0) is 20.0 Å². The number of H-pyrrole nitrogens is 1. The highest BCUT2D eigenvalue weighted by Gasteiger charge is 2.47. The topological polar surface area (TPSA) is 103 Å². The Bertz CT molecular complexity index is 1630. The highest BCUT2D eigenvalue weighted by molar-refractivity contribution is 5.75. The van der Waals surface area contributed by atoms with Crippen LogP contribution in [0.15, 0.2) is 61.1 Å². The Morgan fingerprint density at radius 1 is 1.13 bits per heavy atom. The molecule has 200 valence electrons. The largest absolute Gasteiger partial charge is 0.373 e. The molecule has 1 unspecified atom stereocenters. The van der Waals surface area contributed by atoms with E-state index in [2.05, 4.69) is 20.4 Å². The van der Waals surface area contributed by atoms with Crippen LogP contribution in [0.4, 0.5) is 26.2 Å². The van der Waals surface area contributed by atoms with E-state index in [4.69, 9.17) is 10.1 Å². The molecule has 0 radical (unpaired) electrons. The van der Waals surface area contributed by atoms with Crippen LogP contribution in [-0.4, -0.2) is 64.9 Å². The fourth-order valence-corrected chi connectivity index (χ4v) is 5.44. The zero-order valence-electron chi connectivity index (χ0n) is 21.2. The molecule has 10 nitrogen and oxygen atoms in total. The van der Waals surface area contributed by atoms with E-state index in [1.54, 1.807) is 6.20 Å². The normalized spacial score (nSPS) is 17.7. The SMILES string of the molecule is Cn1c(C(O)N2CC(F)(F)C2)cc2c1CN(c1nc(Nc3ccc(-c4cn[nH]c4)cc3)c3cccn3n1)CC2. The van der Waals surface area contributed by atoms with Crippen molar-refractivity contribution in [3.05, 3.63) is 78.0 Å². The molecule has 0 aliphatic carbocycles. The predicted molar refractivity (Wildman–Crippen MR) is 142 cm³/mol. The fraction of sp³-hybridized carbons (Fsp3) is 0.296. The van der Waals surface area contributed by atoms with Gasteiger partial charge in [-0.3, -0.25) is 10.00 Å². The number of aliphatic hydroxyl groups excluding tert-OH is 1. The first kappa shape index (κ1) is 23.8. The summed E-state index contributed by atoms with van der Waals surface area (Å²) in [6, 6.07) is 13.9. The number of hydrogen-bond donors (Lipinski definition) is 3. The van der Waals surface area contributed by atoms with Crippen LogP contribution in [0.2, 0.25) is 0 Å². The number of anilines is 3. The van der Waals surface area contributed by atoms with Crippen molar-refractivity contribution in [2.24, 2.45) is 7.05 Å². The number of halogens is 2. The summed E-state index contributed by atoms with van der Waals surface area (Å²) < 4.78 is 30.5. The minimum absolute atomic E-state index is 0.428. The van der Waals surface area contributed by atoms with E-state index in [-0.39, 0.29) is 0 Å². The van der Waals surface area contributed by atoms with Crippen molar-refractivity contribution in [2.75, 3.05) is 29.9 Å². The van der Waals surface area contributed by atoms with Crippen LogP contribution >= 0.6 is 0 Å². The minimum Gasteiger partial charge on any atom is -0.373 e. The molecule has 1 saturated heterocycles. The average Bonchev–Trinajstić information content (AvgIpc) is 3.68. The van der Waals surface area contributed by atoms with Gasteiger partial charge in [-0.05, 0) is 47.9 Å². The summed E-state index contributed by atoms with van der Waals surface area (Å²) >= 11 is 0. The molecule has 2 aliphatic heterocycles. The lowest BCUT2D eigenvalue weighted by molar-refractivity contribution is -0.187. The van der Waals surface area contributed by atoms with Crippen molar-refractivity contribution in [1.82, 2.24) is 34.3 Å². The van der Waals surface area contributed by atoms with Gasteiger partial charge in [-0.1, -0.05) is 12.1 Å². The first-order valence-corrected chi connectivity index (χ1v) is 12.8. The van der Waals surface area contributed by atoms with E-state index in [9.17, 15) is 13.9 Å². The number of benzene rings is 1. The van der Waals surface area contributed by atoms with Gasteiger partial charge in [-0.2, -0.15) is 10.1 Å². The second-order valence-corrected chi connectivity index (χ2v) is 10.2. The second kappa shape index (κ2) is 8.89. The molecule has 12 heteroatoms. The van der Waals surface area contributed by atoms with Crippen LogP contribution in [0, 0.1) is 0 Å². The highest BCUT2D eigenvalue weighted by atomic mass is 19.3. The molecule has 3 N–H and O–H groups in total. The quantitative estimate of drug-likeness (QED) is 0.307. The zero-order chi connectivity index (χ0) is 26.7. The minimum atomic E-state index is -2.73. The molecule has 39 heavy (non-hydrogen) atoms. The summed E-state index contributed by atoms with van der Waals surface area (Å²) in [4.78, 5) is 8.38. The van der Waals surface area contributed by atoms with Crippen molar-refractivity contribution >= 4 is 23.0 Å². The highest BCUT2D eigenvalue weighted by Crippen LogP contribution is 2.36. The fourth-order valence-electron chi connectivity index (χ4n) is 5.44. The summed E-state index contributed by atoms with van der Waals surface area (Å²) in [5, 5.41) is 25.8. The predicted octanol–water partition coefficient (Wildman–Crippen LogP) is 3.71. The van der Waals surface area contributed by atoms with Crippen molar-refractivity contribution in [3.8, 4) is 11.1 Å². The molecular formula is C27H27F2N9O. The molecule has 0 spiro atoms. The molecule has 1 fully saturated rings. The number of likely N-dealkylation sites (tertiary alicyclic amines) is 1. The Morgan fingerprint density at radius 2 is 1.95 bits per heavy atom. The summed E-state index contributed by atoms with van der Waals surface area (Å²) in [5.74, 6) is -1.47. The maximum absolute atomic E-state index is 13.4. The number of aromatic amines is 1. The molecule has 5 aromatic rings. The number of alkyl halides is 2. The molecule has 1 aromatic carbocycles. The number of aliphatic hydroxyl groups is 1. The summed E-state index contributed by atoms with van der Waals surface area (Å²) in [6.45, 7) is 0.381. The number of hydrogen-bond acceptors (Lipinski definition) is 7. The van der Waals surface area contributed by atoms with Gasteiger partial charge >= 0.3 is 0 Å². The summed E-state index contributed by atoms with van der Waals surface area (Å²) in [6.07, 6.45) is 5.21. The van der Waals surface area contributed by atoms with Gasteiger partial charge in [0.15, 0.2) is 5.82 Å². The Labute approximate surface area is 222 Å². The second-order valence-electron chi connectivity index (χ2n) is 10.2. The van der Waals surface area contributed by atoms with Crippen LogP contribution in [0.1, 0.15) is 23.2 Å². The van der Waals surface area contributed by atoms with E-state index in [1.807, 2.05) is 71.0 Å². The molecule has 4 aromatic heterocycles. The van der Waals surface area contributed by atoms with E-state index >= 15 is 0 Å². The van der Waals surface area contributed by atoms with E-state index in [0.29, 0.717) is 30.5 Å². The number of fused-ring (bicyclic) bond motifs is 2. The maximum Gasteiger partial charge on any atom is 0.273 e. The lowest BCUT2D eigenvalue weighted by Gasteiger charge is -2.41. The van der Waals surface area contributed by atoms with Crippen molar-refractivity contribution in [3.63, 3.8) is 0 Å². The Balaban J connectivity index is 1.14. The van der Waals surface area contributed by atoms with Gasteiger partial charge in [0.05, 0.1) is 31.5 Å². The van der Waals surface area contributed by atoms with Crippen LogP contribution in [0.25, 0.3) is 16.6 Å². The molecule has 2 aliphatic rings. The molecule has 1 atom stereocenters. The summed E-state index contributed by atoms with van der Waals surface area (Å²) in [5.41, 5.74) is 6.57. The monoisotopic (exact) mass is 531 g/mol. The van der Waals surface area contributed by atoms with Gasteiger partial charge < -0.3 is 19.9 Å². The van der Waals surface area contributed by atoms with Gasteiger partial charge in [-0.15, -0.1) is 5.10 Å². The van der Waals surface area contributed by atoms with Crippen LogP contribution < -0.4 is 10.2 Å². The van der Waals surface area contributed by atoms with E-state index < -0.39 is 25.2 Å². The van der Waals surface area contributed by atoms with Crippen LogP contribution in [0.3, 0.4) is 0 Å². The Morgan fingerprint density at radius 3 is 2.69 bits per heavy atom. The van der Waals surface area contributed by atoms with Gasteiger partial charge in [0.25, 0.3) is 5.92 Å². The third kappa shape index (κ3) is 4.21. The Kier molecular flexibility index (Phi) is 5.42. The average molecular weight is 532 g/mol. The lowest BCUT2D eigenvalue weighted by Crippen LogP contribution is -2.57. The maximum atomic E-state index is 13.4. The van der Waals surface area contributed by atoms with Gasteiger partial charge in [0.1, 0.15) is 11.7 Å². The van der Waals surface area contributed by atoms with Gasteiger partial charge in [0, 0.05) is 42.9 Å². The molecule has 0 saturated carbocycles. The number of rotatable bonds is 6. The zero-order valence-corrected chi connectivity index (χ0v) is 21.2. The number of nitrogens with one attached hydrogen (secondary N) is 2. The summed E-state index contributed by atoms with van der Waals surface area (Å²) in [7, 11) is 1.87. The third-order valence-corrected chi connectivity index (χ3v) is 7.60. The molecule has 6 heterocycles. The number of aromatic nitrogens is 6. The van der Waals surface area contributed by atoms with Gasteiger partial charge in [0.2, 0.25) is 5.95 Å². The van der Waals surface area contributed by atoms with Crippen LogP contribution in [0.5, 0.6) is 0 Å². The van der Waals surface area contributed by atoms with Gasteiger partial charge in [-0.25, -0.2) is 13.3 Å².